The lowest BCUT2D eigenvalue weighted by atomic mass is 10.4. The summed E-state index contributed by atoms with van der Waals surface area (Å²) in [6.45, 7) is 0.810. The van der Waals surface area contributed by atoms with E-state index in [2.05, 4.69) is 38.5 Å². The number of benzene rings is 1. The number of hydrogen-bond acceptors (Lipinski definition) is 5. The van der Waals surface area contributed by atoms with E-state index in [1.165, 1.54) is 9.58 Å². The highest BCUT2D eigenvalue weighted by molar-refractivity contribution is 9.10. The van der Waals surface area contributed by atoms with Crippen LogP contribution in [0.5, 0.6) is 0 Å². The Morgan fingerprint density at radius 3 is 2.81 bits per heavy atom. The highest BCUT2D eigenvalue weighted by atomic mass is 79.9. The van der Waals surface area contributed by atoms with Crippen LogP contribution in [0, 0.1) is 0 Å². The minimum absolute atomic E-state index is 0.111. The number of thioether (sulfide) groups is 1. The maximum Gasteiger partial charge on any atom is 0.283 e. The maximum absolute atomic E-state index is 11.9. The van der Waals surface area contributed by atoms with Crippen LogP contribution in [0.1, 0.15) is 0 Å². The number of aliphatic hydroxyl groups is 1. The van der Waals surface area contributed by atoms with Gasteiger partial charge in [0.1, 0.15) is 4.47 Å². The first-order valence-corrected chi connectivity index (χ1v) is 8.28. The average molecular weight is 370 g/mol. The molecule has 0 saturated heterocycles. The fourth-order valence-corrected chi connectivity index (χ4v) is 2.95. The van der Waals surface area contributed by atoms with Crippen LogP contribution < -0.4 is 10.9 Å². The molecule has 0 aliphatic rings. The first kappa shape index (κ1) is 16.1. The van der Waals surface area contributed by atoms with Gasteiger partial charge >= 0.3 is 0 Å². The minimum atomic E-state index is -0.246. The summed E-state index contributed by atoms with van der Waals surface area (Å²) in [4.78, 5) is 13.1. The third-order valence-corrected chi connectivity index (χ3v) is 4.51. The Morgan fingerprint density at radius 2 is 2.10 bits per heavy atom. The Morgan fingerprint density at radius 1 is 1.33 bits per heavy atom. The van der Waals surface area contributed by atoms with Crippen LogP contribution in [-0.4, -0.2) is 33.8 Å². The van der Waals surface area contributed by atoms with Crippen molar-refractivity contribution in [2.45, 2.75) is 11.4 Å². The van der Waals surface area contributed by atoms with Crippen molar-refractivity contribution in [2.75, 3.05) is 24.2 Å². The lowest BCUT2D eigenvalue weighted by Gasteiger charge is -2.09. The molecule has 7 heteroatoms. The van der Waals surface area contributed by atoms with Gasteiger partial charge in [0.05, 0.1) is 25.0 Å². The quantitative estimate of drug-likeness (QED) is 0.578. The summed E-state index contributed by atoms with van der Waals surface area (Å²) >= 11 is 5.02. The molecule has 0 unspecified atom stereocenters. The van der Waals surface area contributed by atoms with E-state index in [9.17, 15) is 4.79 Å². The van der Waals surface area contributed by atoms with Gasteiger partial charge in [0.2, 0.25) is 0 Å². The van der Waals surface area contributed by atoms with Crippen LogP contribution in [0.3, 0.4) is 0 Å². The van der Waals surface area contributed by atoms with E-state index in [0.717, 1.165) is 12.3 Å². The highest BCUT2D eigenvalue weighted by Crippen LogP contribution is 2.19. The van der Waals surface area contributed by atoms with E-state index in [4.69, 9.17) is 5.11 Å². The van der Waals surface area contributed by atoms with Gasteiger partial charge in [-0.1, -0.05) is 18.2 Å². The van der Waals surface area contributed by atoms with Gasteiger partial charge in [0, 0.05) is 17.2 Å². The molecule has 21 heavy (non-hydrogen) atoms. The zero-order chi connectivity index (χ0) is 15.1. The van der Waals surface area contributed by atoms with Crippen molar-refractivity contribution >= 4 is 33.4 Å². The summed E-state index contributed by atoms with van der Waals surface area (Å²) in [5.41, 5.74) is 0.424. The lowest BCUT2D eigenvalue weighted by Crippen LogP contribution is -2.26. The first-order valence-electron chi connectivity index (χ1n) is 6.50. The van der Waals surface area contributed by atoms with Gasteiger partial charge in [-0.05, 0) is 28.1 Å². The lowest BCUT2D eigenvalue weighted by molar-refractivity contribution is 0.266. The molecule has 0 atom stereocenters. The van der Waals surface area contributed by atoms with E-state index in [1.54, 1.807) is 18.0 Å². The topological polar surface area (TPSA) is 67.2 Å². The monoisotopic (exact) mass is 369 g/mol. The second kappa shape index (κ2) is 8.21. The van der Waals surface area contributed by atoms with E-state index < -0.39 is 0 Å². The highest BCUT2D eigenvalue weighted by Gasteiger charge is 2.07. The summed E-state index contributed by atoms with van der Waals surface area (Å²) in [7, 11) is 0. The molecule has 0 fully saturated rings. The summed E-state index contributed by atoms with van der Waals surface area (Å²) in [6, 6.07) is 10.1. The average Bonchev–Trinajstić information content (AvgIpc) is 2.51. The molecule has 0 aliphatic heterocycles. The van der Waals surface area contributed by atoms with E-state index in [0.29, 0.717) is 10.2 Å². The largest absolute Gasteiger partial charge is 0.394 e. The number of aliphatic hydroxyl groups excluding tert-OH is 1. The summed E-state index contributed by atoms with van der Waals surface area (Å²) in [6.07, 6.45) is 1.59. The van der Waals surface area contributed by atoms with Crippen LogP contribution in [0.25, 0.3) is 0 Å². The molecule has 0 amide bonds. The maximum atomic E-state index is 11.9. The minimum Gasteiger partial charge on any atom is -0.394 e. The van der Waals surface area contributed by atoms with E-state index in [1.807, 2.05) is 18.2 Å². The van der Waals surface area contributed by atoms with E-state index >= 15 is 0 Å². The molecule has 2 rings (SSSR count). The van der Waals surface area contributed by atoms with Crippen molar-refractivity contribution in [1.82, 2.24) is 9.78 Å². The Balaban J connectivity index is 1.89. The van der Waals surface area contributed by atoms with Crippen LogP contribution in [0.4, 0.5) is 5.69 Å². The molecule has 0 aliphatic carbocycles. The molecule has 5 nitrogen and oxygen atoms in total. The number of nitrogens with zero attached hydrogens (tertiary/aromatic N) is 2. The van der Waals surface area contributed by atoms with Crippen LogP contribution >= 0.6 is 27.7 Å². The van der Waals surface area contributed by atoms with Gasteiger partial charge in [-0.3, -0.25) is 4.79 Å². The van der Waals surface area contributed by atoms with Crippen molar-refractivity contribution in [3.63, 3.8) is 0 Å². The second-order valence-electron chi connectivity index (χ2n) is 4.21. The number of aromatic nitrogens is 2. The molecule has 2 N–H and O–H groups in total. The molecule has 2 aromatic rings. The van der Waals surface area contributed by atoms with Crippen molar-refractivity contribution in [1.29, 1.82) is 0 Å². The second-order valence-corrected chi connectivity index (χ2v) is 6.17. The SMILES string of the molecule is O=c1c(Br)c(NCCSc2ccccc2)cnn1CCO. The number of halogens is 1. The van der Waals surface area contributed by atoms with Crippen molar-refractivity contribution in [2.24, 2.45) is 0 Å². The predicted octanol–water partition coefficient (Wildman–Crippen LogP) is 2.20. The molecule has 0 bridgehead atoms. The van der Waals surface area contributed by atoms with Gasteiger partial charge in [-0.15, -0.1) is 11.8 Å². The van der Waals surface area contributed by atoms with Gasteiger partial charge in [0.15, 0.2) is 0 Å². The van der Waals surface area contributed by atoms with Crippen LogP contribution in [-0.2, 0) is 6.54 Å². The standard InChI is InChI=1S/C14H16BrN3O2S/c15-13-12(10-17-18(7-8-19)14(13)20)16-6-9-21-11-4-2-1-3-5-11/h1-5,10,16,19H,6-9H2. The molecule has 0 radical (unpaired) electrons. The molecule has 1 aromatic carbocycles. The van der Waals surface area contributed by atoms with Crippen LogP contribution in [0.15, 0.2) is 50.7 Å². The Kier molecular flexibility index (Phi) is 6.28. The zero-order valence-corrected chi connectivity index (χ0v) is 13.7. The Hall–Kier alpha value is -1.31. The number of rotatable bonds is 7. The molecular formula is C14H16BrN3O2S. The zero-order valence-electron chi connectivity index (χ0n) is 11.3. The Bertz CT molecular complexity index is 634. The fourth-order valence-electron chi connectivity index (χ4n) is 1.71. The van der Waals surface area contributed by atoms with Crippen LogP contribution in [0.2, 0.25) is 0 Å². The number of anilines is 1. The van der Waals surface area contributed by atoms with Gasteiger partial charge in [-0.25, -0.2) is 4.68 Å². The normalized spacial score (nSPS) is 10.6. The fraction of sp³-hybridized carbons (Fsp3) is 0.286. The smallest absolute Gasteiger partial charge is 0.283 e. The summed E-state index contributed by atoms with van der Waals surface area (Å²) in [5.74, 6) is 0.885. The summed E-state index contributed by atoms with van der Waals surface area (Å²) in [5, 5.41) is 16.1. The Labute approximate surface area is 135 Å². The molecule has 1 aromatic heterocycles. The molecule has 112 valence electrons. The molecule has 0 saturated carbocycles. The molecule has 0 spiro atoms. The van der Waals surface area contributed by atoms with Gasteiger partial charge in [0.25, 0.3) is 5.56 Å². The predicted molar refractivity (Wildman–Crippen MR) is 88.9 cm³/mol. The molecular weight excluding hydrogens is 354 g/mol. The van der Waals surface area contributed by atoms with Gasteiger partial charge in [-0.2, -0.15) is 5.10 Å². The number of nitrogens with one attached hydrogen (secondary N) is 1. The third kappa shape index (κ3) is 4.59. The van der Waals surface area contributed by atoms with Crippen molar-refractivity contribution in [3.05, 3.63) is 51.4 Å². The summed E-state index contributed by atoms with van der Waals surface area (Å²) < 4.78 is 1.67. The van der Waals surface area contributed by atoms with E-state index in [-0.39, 0.29) is 18.7 Å². The third-order valence-electron chi connectivity index (χ3n) is 2.73. The number of hydrogen-bond donors (Lipinski definition) is 2. The van der Waals surface area contributed by atoms with Gasteiger partial charge < -0.3 is 10.4 Å². The molecule has 1 heterocycles. The van der Waals surface area contributed by atoms with Crippen molar-refractivity contribution < 1.29 is 5.11 Å². The first-order chi connectivity index (χ1) is 10.2. The van der Waals surface area contributed by atoms with Crippen molar-refractivity contribution in [3.8, 4) is 0 Å².